The van der Waals surface area contributed by atoms with E-state index in [1.54, 1.807) is 0 Å². The number of rotatable bonds is 4. The van der Waals surface area contributed by atoms with E-state index in [1.807, 2.05) is 13.8 Å². The van der Waals surface area contributed by atoms with Crippen molar-refractivity contribution in [3.63, 3.8) is 0 Å². The highest BCUT2D eigenvalue weighted by molar-refractivity contribution is 9.10. The molecule has 1 aromatic carbocycles. The molecule has 1 heterocycles. The Morgan fingerprint density at radius 3 is 2.38 bits per heavy atom. The van der Waals surface area contributed by atoms with E-state index in [0.29, 0.717) is 0 Å². The van der Waals surface area contributed by atoms with Gasteiger partial charge in [0.1, 0.15) is 0 Å². The molecule has 9 heteroatoms. The zero-order valence-electron chi connectivity index (χ0n) is 11.1. The molecule has 0 amide bonds. The first-order valence-electron chi connectivity index (χ1n) is 5.91. The van der Waals surface area contributed by atoms with Crippen LogP contribution in [-0.4, -0.2) is 21.1 Å². The standard InChI is InChI=1S/C12H11BrF3N3O2/c1-7(2)19-11(17-10(13)18-19)20-8-5-3-4-6-9(8)21-12(14,15)16/h3-7H,1-2H3. The van der Waals surface area contributed by atoms with E-state index in [4.69, 9.17) is 4.74 Å². The zero-order chi connectivity index (χ0) is 15.6. The molecule has 0 spiro atoms. The number of halogens is 4. The maximum atomic E-state index is 12.4. The monoisotopic (exact) mass is 365 g/mol. The van der Waals surface area contributed by atoms with Crippen molar-refractivity contribution in [1.82, 2.24) is 14.8 Å². The van der Waals surface area contributed by atoms with Crippen LogP contribution in [0.4, 0.5) is 13.2 Å². The number of alkyl halides is 3. The Labute approximate surface area is 126 Å². The van der Waals surface area contributed by atoms with E-state index >= 15 is 0 Å². The van der Waals surface area contributed by atoms with Crippen LogP contribution >= 0.6 is 15.9 Å². The van der Waals surface area contributed by atoms with Crippen LogP contribution in [0.2, 0.25) is 0 Å². The molecule has 0 unspecified atom stereocenters. The Bertz CT molecular complexity index is 628. The first kappa shape index (κ1) is 15.6. The molecule has 2 rings (SSSR count). The van der Waals surface area contributed by atoms with Gasteiger partial charge in [0.2, 0.25) is 4.73 Å². The van der Waals surface area contributed by atoms with Crippen LogP contribution in [0.5, 0.6) is 17.5 Å². The summed E-state index contributed by atoms with van der Waals surface area (Å²) in [6.07, 6.45) is -4.80. The molecule has 21 heavy (non-hydrogen) atoms. The van der Waals surface area contributed by atoms with E-state index in [2.05, 4.69) is 30.7 Å². The van der Waals surface area contributed by atoms with Gasteiger partial charge >= 0.3 is 12.4 Å². The van der Waals surface area contributed by atoms with Gasteiger partial charge in [-0.15, -0.1) is 18.3 Å². The van der Waals surface area contributed by atoms with E-state index in [0.717, 1.165) is 6.07 Å². The smallest absolute Gasteiger partial charge is 0.420 e. The predicted molar refractivity (Wildman–Crippen MR) is 71.3 cm³/mol. The molecular weight excluding hydrogens is 355 g/mol. The number of aromatic nitrogens is 3. The Balaban J connectivity index is 2.32. The molecule has 0 N–H and O–H groups in total. The first-order valence-corrected chi connectivity index (χ1v) is 6.70. The van der Waals surface area contributed by atoms with Crippen LogP contribution < -0.4 is 9.47 Å². The lowest BCUT2D eigenvalue weighted by Crippen LogP contribution is -2.17. The highest BCUT2D eigenvalue weighted by atomic mass is 79.9. The third-order valence-electron chi connectivity index (χ3n) is 2.34. The second-order valence-corrected chi connectivity index (χ2v) is 5.01. The number of para-hydroxylation sites is 2. The molecule has 114 valence electrons. The fraction of sp³-hybridized carbons (Fsp3) is 0.333. The topological polar surface area (TPSA) is 49.2 Å². The molecule has 5 nitrogen and oxygen atoms in total. The van der Waals surface area contributed by atoms with Gasteiger partial charge in [0.05, 0.1) is 6.04 Å². The van der Waals surface area contributed by atoms with Crippen LogP contribution in [0, 0.1) is 0 Å². The van der Waals surface area contributed by atoms with Crippen molar-refractivity contribution in [3.8, 4) is 17.5 Å². The average molecular weight is 366 g/mol. The molecule has 0 bridgehead atoms. The molecule has 0 fully saturated rings. The van der Waals surface area contributed by atoms with Crippen molar-refractivity contribution >= 4 is 15.9 Å². The molecule has 2 aromatic rings. The minimum absolute atomic E-state index is 0.0649. The number of ether oxygens (including phenoxy) is 2. The summed E-state index contributed by atoms with van der Waals surface area (Å²) in [6, 6.07) is 5.45. The van der Waals surface area contributed by atoms with Crippen molar-refractivity contribution < 1.29 is 22.6 Å². The molecular formula is C12H11BrF3N3O2. The van der Waals surface area contributed by atoms with Gasteiger partial charge in [0.15, 0.2) is 11.5 Å². The quantitative estimate of drug-likeness (QED) is 0.809. The Morgan fingerprint density at radius 2 is 1.81 bits per heavy atom. The van der Waals surface area contributed by atoms with Crippen LogP contribution in [0.15, 0.2) is 29.0 Å². The Hall–Kier alpha value is -1.77. The summed E-state index contributed by atoms with van der Waals surface area (Å²) in [6.45, 7) is 3.68. The summed E-state index contributed by atoms with van der Waals surface area (Å²) in [5.41, 5.74) is 0. The largest absolute Gasteiger partial charge is 0.573 e. The van der Waals surface area contributed by atoms with Crippen LogP contribution in [0.1, 0.15) is 19.9 Å². The van der Waals surface area contributed by atoms with Crippen molar-refractivity contribution in [3.05, 3.63) is 29.0 Å². The molecule has 0 aliphatic rings. The summed E-state index contributed by atoms with van der Waals surface area (Å²) in [7, 11) is 0. The first-order chi connectivity index (χ1) is 9.76. The highest BCUT2D eigenvalue weighted by Gasteiger charge is 2.32. The molecule has 1 aromatic heterocycles. The second-order valence-electron chi connectivity index (χ2n) is 4.30. The van der Waals surface area contributed by atoms with Crippen LogP contribution in [-0.2, 0) is 0 Å². The molecule has 0 radical (unpaired) electrons. The summed E-state index contributed by atoms with van der Waals surface area (Å²) < 4.78 is 48.1. The van der Waals surface area contributed by atoms with Gasteiger partial charge in [-0.25, -0.2) is 4.68 Å². The van der Waals surface area contributed by atoms with Crippen LogP contribution in [0.3, 0.4) is 0 Å². The van der Waals surface area contributed by atoms with Crippen molar-refractivity contribution in [2.24, 2.45) is 0 Å². The Morgan fingerprint density at radius 1 is 1.19 bits per heavy atom. The lowest BCUT2D eigenvalue weighted by atomic mass is 10.3. The molecule has 0 saturated heterocycles. The number of hydrogen-bond acceptors (Lipinski definition) is 4. The average Bonchev–Trinajstić information content (AvgIpc) is 2.71. The summed E-state index contributed by atoms with van der Waals surface area (Å²) in [4.78, 5) is 3.97. The molecule has 0 aliphatic heterocycles. The molecule has 0 atom stereocenters. The summed E-state index contributed by atoms with van der Waals surface area (Å²) in [5.74, 6) is -0.545. The van der Waals surface area contributed by atoms with E-state index < -0.39 is 12.1 Å². The fourth-order valence-electron chi connectivity index (χ4n) is 1.53. The molecule has 0 saturated carbocycles. The summed E-state index contributed by atoms with van der Waals surface area (Å²) in [5, 5.41) is 4.04. The van der Waals surface area contributed by atoms with Gasteiger partial charge in [0.25, 0.3) is 0 Å². The maximum Gasteiger partial charge on any atom is 0.573 e. The Kier molecular flexibility index (Phi) is 4.40. The number of nitrogens with zero attached hydrogens (tertiary/aromatic N) is 3. The van der Waals surface area contributed by atoms with Crippen molar-refractivity contribution in [1.29, 1.82) is 0 Å². The zero-order valence-corrected chi connectivity index (χ0v) is 12.6. The predicted octanol–water partition coefficient (Wildman–Crippen LogP) is 4.31. The minimum Gasteiger partial charge on any atom is -0.420 e. The lowest BCUT2D eigenvalue weighted by molar-refractivity contribution is -0.275. The van der Waals surface area contributed by atoms with Gasteiger partial charge in [-0.2, -0.15) is 4.98 Å². The molecule has 0 aliphatic carbocycles. The van der Waals surface area contributed by atoms with Gasteiger partial charge in [-0.05, 0) is 41.9 Å². The van der Waals surface area contributed by atoms with E-state index in [1.165, 1.54) is 22.9 Å². The van der Waals surface area contributed by atoms with Gasteiger partial charge in [-0.1, -0.05) is 12.1 Å². The number of benzene rings is 1. The third-order valence-corrected chi connectivity index (χ3v) is 2.68. The van der Waals surface area contributed by atoms with Gasteiger partial charge < -0.3 is 9.47 Å². The fourth-order valence-corrected chi connectivity index (χ4v) is 1.85. The van der Waals surface area contributed by atoms with E-state index in [-0.39, 0.29) is 22.5 Å². The van der Waals surface area contributed by atoms with Crippen LogP contribution in [0.25, 0.3) is 0 Å². The second kappa shape index (κ2) is 5.92. The van der Waals surface area contributed by atoms with Crippen molar-refractivity contribution in [2.75, 3.05) is 0 Å². The third kappa shape index (κ3) is 4.10. The van der Waals surface area contributed by atoms with Gasteiger partial charge in [-0.3, -0.25) is 0 Å². The van der Waals surface area contributed by atoms with Gasteiger partial charge in [0, 0.05) is 0 Å². The minimum atomic E-state index is -4.80. The lowest BCUT2D eigenvalue weighted by Gasteiger charge is -2.14. The van der Waals surface area contributed by atoms with E-state index in [9.17, 15) is 13.2 Å². The normalized spacial score (nSPS) is 11.8. The SMILES string of the molecule is CC(C)n1nc(Br)nc1Oc1ccccc1OC(F)(F)F. The maximum absolute atomic E-state index is 12.4. The summed E-state index contributed by atoms with van der Waals surface area (Å²) >= 11 is 3.10. The number of hydrogen-bond donors (Lipinski definition) is 0. The highest BCUT2D eigenvalue weighted by Crippen LogP contribution is 2.35. The van der Waals surface area contributed by atoms with Crippen molar-refractivity contribution in [2.45, 2.75) is 26.3 Å².